The normalized spacial score (nSPS) is 10.9. The SMILES string of the molecule is Cc1nc(C(C)C)c(C)c(C)c1C.Cc1nc(C(C)C)nc(C)c1C.Cc1nc(C)c(C(C)C)c(C)c1C.Cc1nc(C)c(C(C)C)c(C)n1.Cc1nc(C)c(C(C)C)nc1C.Cc1nc(C)c(C(C)C)nc1C.Cc1nc(C)c(C)c(C(C)C)c1C.Cc1nc(C)c(C)c(C(C)C)n1.Cc1nc(C)nc(C(C)C)n1.Cc1nnc(C(C)C)c(C)c1C.Cc1nnc(C)c(C(C)C)c1C. The molecule has 0 aromatic carbocycles. The van der Waals surface area contributed by atoms with Crippen molar-refractivity contribution in [3.8, 4) is 0 Å². The van der Waals surface area contributed by atoms with Crippen molar-refractivity contribution in [3.05, 3.63) is 261 Å². The molecule has 0 spiro atoms. The van der Waals surface area contributed by atoms with Crippen molar-refractivity contribution in [3.63, 3.8) is 0 Å². The molecule has 0 bridgehead atoms. The van der Waals surface area contributed by atoms with Gasteiger partial charge in [-0.05, 0) is 385 Å². The van der Waals surface area contributed by atoms with Crippen molar-refractivity contribution in [2.45, 2.75) is 460 Å². The largest absolute Gasteiger partial charge is 0.258 e. The molecule has 0 saturated heterocycles. The van der Waals surface area contributed by atoms with Gasteiger partial charge in [0.25, 0.3) is 0 Å². The van der Waals surface area contributed by atoms with Gasteiger partial charge in [-0.25, -0.2) is 44.9 Å². The topological polar surface area (TPSA) is 258 Å². The van der Waals surface area contributed by atoms with Crippen LogP contribution < -0.4 is 0 Å². The number of aromatic nitrogens is 20. The summed E-state index contributed by atoms with van der Waals surface area (Å²) in [5, 5.41) is 16.5. The molecule has 0 saturated carbocycles. The molecule has 11 heterocycles. The fourth-order valence-electron chi connectivity index (χ4n) is 16.1. The van der Waals surface area contributed by atoms with Crippen LogP contribution >= 0.6 is 0 Å². The van der Waals surface area contributed by atoms with Crippen molar-refractivity contribution in [1.82, 2.24) is 100 Å². The van der Waals surface area contributed by atoms with E-state index in [0.717, 1.165) is 132 Å². The fourth-order valence-corrected chi connectivity index (χ4v) is 16.1. The van der Waals surface area contributed by atoms with Crippen molar-refractivity contribution in [2.75, 3.05) is 0 Å². The summed E-state index contributed by atoms with van der Waals surface area (Å²) in [5.41, 5.74) is 48.1. The molecule has 0 N–H and O–H groups in total. The Kier molecular flexibility index (Phi) is 50.9. The summed E-state index contributed by atoms with van der Waals surface area (Å²) < 4.78 is 0. The molecular weight excluding hydrogens is 1650 g/mol. The molecule has 20 nitrogen and oxygen atoms in total. The van der Waals surface area contributed by atoms with Gasteiger partial charge < -0.3 is 0 Å². The van der Waals surface area contributed by atoms with Gasteiger partial charge in [-0.1, -0.05) is 152 Å². The van der Waals surface area contributed by atoms with Crippen LogP contribution in [0.1, 0.15) is 478 Å². The van der Waals surface area contributed by atoms with Crippen LogP contribution in [0.3, 0.4) is 0 Å². The highest BCUT2D eigenvalue weighted by atomic mass is 15.1. The molecule has 11 aromatic heterocycles. The third kappa shape index (κ3) is 36.9. The van der Waals surface area contributed by atoms with Gasteiger partial charge in [-0.2, -0.15) is 20.4 Å². The van der Waals surface area contributed by atoms with Gasteiger partial charge in [-0.15, -0.1) is 0 Å². The number of rotatable bonds is 11. The minimum Gasteiger partial charge on any atom is -0.258 e. The summed E-state index contributed by atoms with van der Waals surface area (Å²) >= 11 is 0. The van der Waals surface area contributed by atoms with Crippen molar-refractivity contribution < 1.29 is 0 Å². The van der Waals surface area contributed by atoms with E-state index in [1.807, 2.05) is 111 Å². The number of aryl methyl sites for hydroxylation is 23. The zero-order valence-electron chi connectivity index (χ0n) is 95.3. The van der Waals surface area contributed by atoms with E-state index in [1.165, 1.54) is 129 Å². The van der Waals surface area contributed by atoms with Crippen molar-refractivity contribution >= 4 is 0 Å². The highest BCUT2D eigenvalue weighted by Crippen LogP contribution is 2.31. The number of nitrogens with zero attached hydrogens (tertiary/aromatic N) is 20. The summed E-state index contributed by atoms with van der Waals surface area (Å²) in [6, 6.07) is 0. The monoisotopic (exact) mass is 1830 g/mol. The van der Waals surface area contributed by atoms with E-state index in [4.69, 9.17) is 0 Å². The lowest BCUT2D eigenvalue weighted by Crippen LogP contribution is -2.03. The van der Waals surface area contributed by atoms with Gasteiger partial charge in [0.2, 0.25) is 0 Å². The first-order valence-corrected chi connectivity index (χ1v) is 48.8. The Balaban J connectivity index is 0.000000737. The van der Waals surface area contributed by atoms with Crippen LogP contribution in [-0.4, -0.2) is 100 Å². The van der Waals surface area contributed by atoms with Crippen LogP contribution in [0.4, 0.5) is 0 Å². The predicted octanol–water partition coefficient (Wildman–Crippen LogP) is 29.6. The molecule has 0 atom stereocenters. The van der Waals surface area contributed by atoms with E-state index in [1.54, 1.807) is 0 Å². The minimum absolute atomic E-state index is 0.385. The number of pyridine rings is 3. The highest BCUT2D eigenvalue weighted by Gasteiger charge is 2.19. The van der Waals surface area contributed by atoms with E-state index in [0.29, 0.717) is 65.1 Å². The maximum Gasteiger partial charge on any atom is 0.135 e. The van der Waals surface area contributed by atoms with Gasteiger partial charge in [0.05, 0.1) is 68.3 Å². The quantitative estimate of drug-likeness (QED) is 0.117. The van der Waals surface area contributed by atoms with E-state index in [-0.39, 0.29) is 0 Å². The zero-order chi connectivity index (χ0) is 104. The maximum atomic E-state index is 4.63. The number of hydrogen-bond donors (Lipinski definition) is 0. The molecule has 11 aromatic rings. The molecule has 0 aliphatic heterocycles. The van der Waals surface area contributed by atoms with E-state index in [2.05, 4.69) is 384 Å². The van der Waals surface area contributed by atoms with Crippen LogP contribution in [0.2, 0.25) is 0 Å². The van der Waals surface area contributed by atoms with E-state index >= 15 is 0 Å². The van der Waals surface area contributed by atoms with Crippen LogP contribution in [-0.2, 0) is 0 Å². The smallest absolute Gasteiger partial charge is 0.135 e. The molecule has 0 fully saturated rings. The van der Waals surface area contributed by atoms with E-state index < -0.39 is 0 Å². The summed E-state index contributed by atoms with van der Waals surface area (Å²) in [6.45, 7) is 120. The highest BCUT2D eigenvalue weighted by molar-refractivity contribution is 5.43. The Bertz CT molecular complexity index is 5480. The third-order valence-electron chi connectivity index (χ3n) is 24.9. The van der Waals surface area contributed by atoms with Gasteiger partial charge in [0.15, 0.2) is 0 Å². The van der Waals surface area contributed by atoms with Gasteiger partial charge in [0, 0.05) is 80.2 Å². The second-order valence-corrected chi connectivity index (χ2v) is 40.0. The lowest BCUT2D eigenvalue weighted by molar-refractivity contribution is 0.732. The Morgan fingerprint density at radius 2 is 0.358 bits per heavy atom. The molecule has 0 amide bonds. The Labute approximate surface area is 815 Å². The first-order valence-electron chi connectivity index (χ1n) is 48.8. The molecule has 0 aliphatic rings. The molecule has 134 heavy (non-hydrogen) atoms. The lowest BCUT2D eigenvalue weighted by atomic mass is 9.92. The van der Waals surface area contributed by atoms with Crippen LogP contribution in [0.15, 0.2) is 0 Å². The van der Waals surface area contributed by atoms with Crippen LogP contribution in [0, 0.1) is 242 Å². The summed E-state index contributed by atoms with van der Waals surface area (Å²) in [6.07, 6.45) is 0. The van der Waals surface area contributed by atoms with Crippen molar-refractivity contribution in [1.29, 1.82) is 0 Å². The van der Waals surface area contributed by atoms with Gasteiger partial charge in [0.1, 0.15) is 34.9 Å². The predicted molar refractivity (Wildman–Crippen MR) is 568 cm³/mol. The standard InChI is InChI=1S/3C12H19N.7C10H16N2.C8H13N3/c1-7(2)12-8(3)10(5)13-11(6)9(12)4;1-7(2)12-9(4)8(3)10(5)13-11(12)6;1-7(2)12-10(5)8(3)9(4)11(6)13-12;1-6(2)10-7(3)11-9(5)12-8(10)4;2*1-6(2)10-9(5)11-7(3)8(4)12-10;1-6(2)10-7(3)8(4)11-9(5)12-10;1-6(2)10-7(3)8(4)11-12-9(10)5;1-6(2)10-11-8(4)7(3)9(5)12-10;1-6(2)10-8(4)7(3)9(5)11-12-10;1-5(2)8-10-6(3)9-7(4)11-8/h3*7H,1-6H3;7*6H,1-5H3;5H,1-4H3. The Morgan fingerprint density at radius 1 is 0.112 bits per heavy atom. The van der Waals surface area contributed by atoms with E-state index in [9.17, 15) is 0 Å². The van der Waals surface area contributed by atoms with Crippen LogP contribution in [0.5, 0.6) is 0 Å². The molecule has 0 unspecified atom stereocenters. The summed E-state index contributed by atoms with van der Waals surface area (Å²) in [4.78, 5) is 70.4. The van der Waals surface area contributed by atoms with Gasteiger partial charge >= 0.3 is 0 Å². The fraction of sp³-hybridized carbons (Fsp3) is 0.596. The summed E-state index contributed by atoms with van der Waals surface area (Å²) in [7, 11) is 0. The lowest BCUT2D eigenvalue weighted by Gasteiger charge is -2.16. The van der Waals surface area contributed by atoms with Crippen LogP contribution in [0.25, 0.3) is 0 Å². The average molecular weight is 1830 g/mol. The van der Waals surface area contributed by atoms with Gasteiger partial charge in [-0.3, -0.25) is 34.9 Å². The molecule has 0 radical (unpaired) electrons. The second kappa shape index (κ2) is 55.9. The Hall–Kier alpha value is -9.98. The Morgan fingerprint density at radius 3 is 0.739 bits per heavy atom. The minimum atomic E-state index is 0.385. The molecule has 0 aliphatic carbocycles. The molecular formula is C114H182N20. The zero-order valence-corrected chi connectivity index (χ0v) is 95.3. The molecule has 20 heteroatoms. The first-order chi connectivity index (χ1) is 61.6. The average Bonchev–Trinajstić information content (AvgIpc) is 0.827. The first kappa shape index (κ1) is 122. The summed E-state index contributed by atoms with van der Waals surface area (Å²) in [5.74, 6) is 10.7. The second-order valence-electron chi connectivity index (χ2n) is 40.0. The maximum absolute atomic E-state index is 4.63. The van der Waals surface area contributed by atoms with Crippen molar-refractivity contribution in [2.24, 2.45) is 0 Å². The molecule has 738 valence electrons. The third-order valence-corrected chi connectivity index (χ3v) is 24.9. The number of hydrogen-bond acceptors (Lipinski definition) is 20. The molecule has 11 rings (SSSR count).